The first-order valence-corrected chi connectivity index (χ1v) is 12.4. The number of nitrogens with one attached hydrogen (secondary N) is 2. The van der Waals surface area contributed by atoms with Crippen molar-refractivity contribution >= 4 is 40.6 Å². The van der Waals surface area contributed by atoms with E-state index >= 15 is 0 Å². The van der Waals surface area contributed by atoms with Crippen molar-refractivity contribution in [3.8, 4) is 0 Å². The van der Waals surface area contributed by atoms with Crippen molar-refractivity contribution in [1.82, 2.24) is 20.1 Å². The quantitative estimate of drug-likeness (QED) is 0.460. The molecule has 0 radical (unpaired) electrons. The van der Waals surface area contributed by atoms with Crippen LogP contribution in [0.25, 0.3) is 0 Å². The average Bonchev–Trinajstić information content (AvgIpc) is 3.32. The highest BCUT2D eigenvalue weighted by molar-refractivity contribution is 8.00. The molecule has 0 bridgehead atoms. The number of thiophene rings is 1. The number of para-hydroxylation sites is 1. The molecule has 32 heavy (non-hydrogen) atoms. The summed E-state index contributed by atoms with van der Waals surface area (Å²) in [5.41, 5.74) is 2.78. The molecule has 168 valence electrons. The Balaban J connectivity index is 1.34. The number of carbonyl (C=O) groups is 2. The van der Waals surface area contributed by atoms with E-state index < -0.39 is 0 Å². The molecule has 7 nitrogen and oxygen atoms in total. The first kappa shape index (κ1) is 22.5. The molecule has 0 spiro atoms. The van der Waals surface area contributed by atoms with Gasteiger partial charge >= 0.3 is 0 Å². The molecule has 9 heteroatoms. The summed E-state index contributed by atoms with van der Waals surface area (Å²) in [6.45, 7) is 5.65. The van der Waals surface area contributed by atoms with Crippen molar-refractivity contribution in [3.63, 3.8) is 0 Å². The second-order valence-electron chi connectivity index (χ2n) is 8.05. The number of amides is 2. The Hall–Kier alpha value is -2.65. The third-order valence-electron chi connectivity index (χ3n) is 5.38. The van der Waals surface area contributed by atoms with E-state index in [-0.39, 0.29) is 23.6 Å². The molecule has 2 N–H and O–H groups in total. The lowest BCUT2D eigenvalue weighted by Crippen LogP contribution is -2.37. The van der Waals surface area contributed by atoms with Crippen LogP contribution in [-0.4, -0.2) is 38.4 Å². The van der Waals surface area contributed by atoms with E-state index in [1.165, 1.54) is 16.6 Å². The van der Waals surface area contributed by atoms with Gasteiger partial charge in [0.25, 0.3) is 0 Å². The molecular weight excluding hydrogens is 442 g/mol. The Morgan fingerprint density at radius 1 is 1.19 bits per heavy atom. The van der Waals surface area contributed by atoms with Gasteiger partial charge in [-0.05, 0) is 56.2 Å². The Morgan fingerprint density at radius 2 is 1.94 bits per heavy atom. The first-order chi connectivity index (χ1) is 15.4. The van der Waals surface area contributed by atoms with Gasteiger partial charge in [0, 0.05) is 23.0 Å². The highest BCUT2D eigenvalue weighted by Crippen LogP contribution is 2.40. The normalized spacial score (nSPS) is 14.2. The number of hydrogen-bond acceptors (Lipinski definition) is 6. The molecule has 0 saturated heterocycles. The van der Waals surface area contributed by atoms with Crippen LogP contribution in [0.2, 0.25) is 0 Å². The van der Waals surface area contributed by atoms with E-state index in [2.05, 4.69) is 36.8 Å². The van der Waals surface area contributed by atoms with Gasteiger partial charge in [-0.15, -0.1) is 21.5 Å². The number of carbonyl (C=O) groups excluding carboxylic acids is 2. The van der Waals surface area contributed by atoms with Crippen molar-refractivity contribution in [2.24, 2.45) is 0 Å². The van der Waals surface area contributed by atoms with Crippen LogP contribution in [0.15, 0.2) is 40.9 Å². The number of anilines is 1. The largest absolute Gasteiger partial charge is 0.346 e. The summed E-state index contributed by atoms with van der Waals surface area (Å²) >= 11 is 3.10. The third kappa shape index (κ3) is 5.39. The number of hydrogen-bond donors (Lipinski definition) is 2. The molecule has 0 unspecified atom stereocenters. The molecule has 1 saturated carbocycles. The minimum atomic E-state index is -0.390. The van der Waals surface area contributed by atoms with Crippen LogP contribution in [0.1, 0.15) is 47.6 Å². The number of thioether (sulfide) groups is 1. The van der Waals surface area contributed by atoms with Gasteiger partial charge in [0.15, 0.2) is 5.16 Å². The second-order valence-corrected chi connectivity index (χ2v) is 10.4. The van der Waals surface area contributed by atoms with Crippen LogP contribution in [0.5, 0.6) is 0 Å². The topological polar surface area (TPSA) is 88.9 Å². The van der Waals surface area contributed by atoms with Crippen molar-refractivity contribution in [3.05, 3.63) is 57.5 Å². The number of aryl methyl sites for hydroxylation is 2. The van der Waals surface area contributed by atoms with Gasteiger partial charge in [-0.3, -0.25) is 9.59 Å². The summed E-state index contributed by atoms with van der Waals surface area (Å²) in [5.74, 6) is 0.502. The van der Waals surface area contributed by atoms with Crippen LogP contribution in [-0.2, 0) is 16.0 Å². The molecule has 1 aliphatic carbocycles. The summed E-state index contributed by atoms with van der Waals surface area (Å²) in [7, 11) is 0. The SMILES string of the molecule is Cc1cccc(C)c1NC(=O)CNC(=O)[C@@H](C)Sc1nnc(Cc2cccs2)n1C1CC1. The lowest BCUT2D eigenvalue weighted by molar-refractivity contribution is -0.123. The molecule has 2 amide bonds. The van der Waals surface area contributed by atoms with Crippen molar-refractivity contribution in [2.45, 2.75) is 56.5 Å². The smallest absolute Gasteiger partial charge is 0.243 e. The molecule has 1 fully saturated rings. The lowest BCUT2D eigenvalue weighted by atomic mass is 10.1. The summed E-state index contributed by atoms with van der Waals surface area (Å²) in [6.07, 6.45) is 2.98. The number of benzene rings is 1. The fourth-order valence-corrected chi connectivity index (χ4v) is 5.16. The molecule has 3 aromatic rings. The molecule has 1 aromatic carbocycles. The minimum absolute atomic E-state index is 0.0730. The van der Waals surface area contributed by atoms with Gasteiger partial charge in [-0.2, -0.15) is 0 Å². The van der Waals surface area contributed by atoms with Crippen molar-refractivity contribution < 1.29 is 9.59 Å². The van der Waals surface area contributed by atoms with Gasteiger partial charge in [0.2, 0.25) is 11.8 Å². The Labute approximate surface area is 196 Å². The van der Waals surface area contributed by atoms with Crippen molar-refractivity contribution in [2.75, 3.05) is 11.9 Å². The molecule has 2 aromatic heterocycles. The van der Waals surface area contributed by atoms with Gasteiger partial charge in [0.1, 0.15) is 5.82 Å². The van der Waals surface area contributed by atoms with Crippen LogP contribution in [0.4, 0.5) is 5.69 Å². The van der Waals surface area contributed by atoms with Gasteiger partial charge in [-0.1, -0.05) is 36.0 Å². The fraction of sp³-hybridized carbons (Fsp3) is 0.391. The molecule has 4 rings (SSSR count). The van der Waals surface area contributed by atoms with E-state index in [1.807, 2.05) is 45.0 Å². The Kier molecular flexibility index (Phi) is 6.95. The van der Waals surface area contributed by atoms with Crippen LogP contribution < -0.4 is 10.6 Å². The molecule has 1 atom stereocenters. The zero-order valence-electron chi connectivity index (χ0n) is 18.4. The number of nitrogens with zero attached hydrogens (tertiary/aromatic N) is 3. The number of aromatic nitrogens is 3. The maximum absolute atomic E-state index is 12.6. The zero-order chi connectivity index (χ0) is 22.7. The van der Waals surface area contributed by atoms with E-state index in [4.69, 9.17) is 0 Å². The highest BCUT2D eigenvalue weighted by atomic mass is 32.2. The van der Waals surface area contributed by atoms with E-state index in [0.29, 0.717) is 6.04 Å². The van der Waals surface area contributed by atoms with Crippen LogP contribution in [0, 0.1) is 13.8 Å². The standard InChI is InChI=1S/C23H27N5O2S2/c1-14-6-4-7-15(2)21(14)25-20(29)13-24-22(30)16(3)32-23-27-26-19(28(23)17-9-10-17)12-18-8-5-11-31-18/h4-8,11,16-17H,9-10,12-13H2,1-3H3,(H,24,30)(H,25,29)/t16-/m1/s1. The maximum atomic E-state index is 12.6. The minimum Gasteiger partial charge on any atom is -0.346 e. The second kappa shape index (κ2) is 9.87. The maximum Gasteiger partial charge on any atom is 0.243 e. The number of rotatable bonds is 9. The highest BCUT2D eigenvalue weighted by Gasteiger charge is 2.31. The monoisotopic (exact) mass is 469 g/mol. The molecular formula is C23H27N5O2S2. The van der Waals surface area contributed by atoms with Gasteiger partial charge < -0.3 is 15.2 Å². The van der Waals surface area contributed by atoms with Gasteiger partial charge in [0.05, 0.1) is 11.8 Å². The third-order valence-corrected chi connectivity index (χ3v) is 7.31. The molecule has 2 heterocycles. The summed E-state index contributed by atoms with van der Waals surface area (Å²) in [6, 6.07) is 10.4. The summed E-state index contributed by atoms with van der Waals surface area (Å²) in [4.78, 5) is 26.2. The lowest BCUT2D eigenvalue weighted by Gasteiger charge is -2.14. The Bertz CT molecular complexity index is 1090. The predicted octanol–water partition coefficient (Wildman–Crippen LogP) is 4.12. The Morgan fingerprint density at radius 3 is 2.59 bits per heavy atom. The molecule has 1 aliphatic rings. The summed E-state index contributed by atoms with van der Waals surface area (Å²) in [5, 5.41) is 16.8. The van der Waals surface area contributed by atoms with Crippen LogP contribution >= 0.6 is 23.1 Å². The van der Waals surface area contributed by atoms with Crippen molar-refractivity contribution in [1.29, 1.82) is 0 Å². The first-order valence-electron chi connectivity index (χ1n) is 10.7. The van der Waals surface area contributed by atoms with E-state index in [0.717, 1.165) is 47.1 Å². The average molecular weight is 470 g/mol. The van der Waals surface area contributed by atoms with E-state index in [9.17, 15) is 9.59 Å². The zero-order valence-corrected chi connectivity index (χ0v) is 20.1. The van der Waals surface area contributed by atoms with E-state index in [1.54, 1.807) is 11.3 Å². The predicted molar refractivity (Wildman–Crippen MR) is 128 cm³/mol. The van der Waals surface area contributed by atoms with Crippen LogP contribution in [0.3, 0.4) is 0 Å². The summed E-state index contributed by atoms with van der Waals surface area (Å²) < 4.78 is 2.18. The molecule has 0 aliphatic heterocycles. The fourth-order valence-electron chi connectivity index (χ4n) is 3.49. The van der Waals surface area contributed by atoms with Gasteiger partial charge in [-0.25, -0.2) is 0 Å².